The van der Waals surface area contributed by atoms with Gasteiger partial charge in [0.2, 0.25) is 0 Å². The lowest BCUT2D eigenvalue weighted by Gasteiger charge is -2.29. The van der Waals surface area contributed by atoms with Crippen molar-refractivity contribution in [2.45, 2.75) is 45.7 Å². The van der Waals surface area contributed by atoms with Crippen LogP contribution in [-0.2, 0) is 24.9 Å². The maximum absolute atomic E-state index is 12.4. The van der Waals surface area contributed by atoms with Crippen molar-refractivity contribution >= 4 is 0 Å². The number of rotatable bonds is 4. The largest absolute Gasteiger partial charge is 0.497 e. The van der Waals surface area contributed by atoms with Gasteiger partial charge in [-0.05, 0) is 12.5 Å². The Morgan fingerprint density at radius 2 is 2.00 bits per heavy atom. The Hall–Kier alpha value is -2.34. The van der Waals surface area contributed by atoms with Gasteiger partial charge in [-0.15, -0.1) is 0 Å². The number of aromatic amines is 1. The van der Waals surface area contributed by atoms with E-state index in [1.807, 2.05) is 18.2 Å². The molecule has 0 fully saturated rings. The molecular formula is C20H27N3O3. The van der Waals surface area contributed by atoms with Gasteiger partial charge in [0.25, 0.3) is 5.56 Å². The highest BCUT2D eigenvalue weighted by Gasteiger charge is 2.25. The summed E-state index contributed by atoms with van der Waals surface area (Å²) in [6, 6.07) is 5.86. The molecule has 0 bridgehead atoms. The van der Waals surface area contributed by atoms with E-state index in [-0.39, 0.29) is 11.0 Å². The Balaban J connectivity index is 1.85. The quantitative estimate of drug-likeness (QED) is 0.911. The van der Waals surface area contributed by atoms with Gasteiger partial charge in [-0.1, -0.05) is 26.8 Å². The van der Waals surface area contributed by atoms with Crippen LogP contribution in [0.5, 0.6) is 11.5 Å². The van der Waals surface area contributed by atoms with E-state index in [1.165, 1.54) is 0 Å². The third-order valence-corrected chi connectivity index (χ3v) is 4.75. The zero-order valence-electron chi connectivity index (χ0n) is 16.2. The zero-order valence-corrected chi connectivity index (χ0v) is 16.2. The molecule has 26 heavy (non-hydrogen) atoms. The first-order chi connectivity index (χ1) is 12.3. The van der Waals surface area contributed by atoms with Crippen molar-refractivity contribution < 1.29 is 9.47 Å². The number of hydrogen-bond donors (Lipinski definition) is 1. The molecule has 1 aliphatic rings. The molecule has 0 unspecified atom stereocenters. The summed E-state index contributed by atoms with van der Waals surface area (Å²) in [5.41, 5.74) is 2.61. The number of nitrogens with one attached hydrogen (secondary N) is 1. The second kappa shape index (κ2) is 7.11. The predicted molar refractivity (Wildman–Crippen MR) is 101 cm³/mol. The van der Waals surface area contributed by atoms with E-state index in [0.29, 0.717) is 13.0 Å². The van der Waals surface area contributed by atoms with Crippen LogP contribution in [-0.4, -0.2) is 35.6 Å². The van der Waals surface area contributed by atoms with Crippen molar-refractivity contribution in [3.8, 4) is 11.5 Å². The first kappa shape index (κ1) is 18.5. The van der Waals surface area contributed by atoms with E-state index in [0.717, 1.165) is 47.2 Å². The maximum Gasteiger partial charge on any atom is 0.254 e. The summed E-state index contributed by atoms with van der Waals surface area (Å²) < 4.78 is 10.8. The van der Waals surface area contributed by atoms with Crippen LogP contribution in [0.2, 0.25) is 0 Å². The van der Waals surface area contributed by atoms with E-state index < -0.39 is 0 Å². The molecule has 0 radical (unpaired) electrons. The monoisotopic (exact) mass is 357 g/mol. The fourth-order valence-corrected chi connectivity index (χ4v) is 3.21. The van der Waals surface area contributed by atoms with Crippen molar-refractivity contribution in [2.75, 3.05) is 20.8 Å². The molecule has 2 aromatic rings. The minimum Gasteiger partial charge on any atom is -0.497 e. The summed E-state index contributed by atoms with van der Waals surface area (Å²) in [5.74, 6) is 2.33. The molecule has 6 nitrogen and oxygen atoms in total. The molecule has 0 saturated heterocycles. The standard InChI is InChI=1S/C20H27N3O3/c1-20(2,3)19-21-16-12-23(9-8-15(16)18(24)22-19)11-13-6-7-14(25-4)10-17(13)26-5/h6-7,10H,8-9,11-12H2,1-5H3,(H,21,22,24). The summed E-state index contributed by atoms with van der Waals surface area (Å²) in [6.07, 6.45) is 0.709. The van der Waals surface area contributed by atoms with E-state index in [4.69, 9.17) is 14.5 Å². The lowest BCUT2D eigenvalue weighted by atomic mass is 9.95. The van der Waals surface area contributed by atoms with Crippen LogP contribution in [0.4, 0.5) is 0 Å². The van der Waals surface area contributed by atoms with Crippen molar-refractivity contribution in [3.05, 3.63) is 51.2 Å². The van der Waals surface area contributed by atoms with Crippen LogP contribution in [0.3, 0.4) is 0 Å². The first-order valence-corrected chi connectivity index (χ1v) is 8.87. The number of ether oxygens (including phenoxy) is 2. The van der Waals surface area contributed by atoms with E-state index in [2.05, 4.69) is 30.7 Å². The fraction of sp³-hybridized carbons (Fsp3) is 0.500. The van der Waals surface area contributed by atoms with Crippen LogP contribution < -0.4 is 15.0 Å². The molecule has 2 heterocycles. The van der Waals surface area contributed by atoms with Crippen LogP contribution in [0.1, 0.15) is 43.4 Å². The molecule has 0 saturated carbocycles. The molecule has 140 valence electrons. The molecule has 6 heteroatoms. The molecule has 0 spiro atoms. The van der Waals surface area contributed by atoms with Gasteiger partial charge in [0.1, 0.15) is 17.3 Å². The molecule has 0 atom stereocenters. The summed E-state index contributed by atoms with van der Waals surface area (Å²) in [6.45, 7) is 8.40. The molecule has 3 rings (SSSR count). The lowest BCUT2D eigenvalue weighted by Crippen LogP contribution is -2.36. The molecule has 0 amide bonds. The van der Waals surface area contributed by atoms with Gasteiger partial charge in [-0.25, -0.2) is 4.98 Å². The summed E-state index contributed by atoms with van der Waals surface area (Å²) in [5, 5.41) is 0. The first-order valence-electron chi connectivity index (χ1n) is 8.87. The highest BCUT2D eigenvalue weighted by atomic mass is 16.5. The summed E-state index contributed by atoms with van der Waals surface area (Å²) in [4.78, 5) is 22.4. The van der Waals surface area contributed by atoms with Crippen molar-refractivity contribution in [2.24, 2.45) is 0 Å². The Kier molecular flexibility index (Phi) is 5.05. The van der Waals surface area contributed by atoms with Gasteiger partial charge in [0.05, 0.1) is 19.9 Å². The smallest absolute Gasteiger partial charge is 0.254 e. The number of nitrogens with zero attached hydrogens (tertiary/aromatic N) is 2. The normalized spacial score (nSPS) is 14.8. The Labute approximate surface area is 154 Å². The summed E-state index contributed by atoms with van der Waals surface area (Å²) >= 11 is 0. The van der Waals surface area contributed by atoms with E-state index in [9.17, 15) is 4.79 Å². The number of hydrogen-bond acceptors (Lipinski definition) is 5. The number of fused-ring (bicyclic) bond motifs is 1. The molecule has 1 aliphatic heterocycles. The number of aromatic nitrogens is 2. The van der Waals surface area contributed by atoms with E-state index in [1.54, 1.807) is 14.2 Å². The second-order valence-corrected chi connectivity index (χ2v) is 7.73. The second-order valence-electron chi connectivity index (χ2n) is 7.73. The molecule has 1 aromatic heterocycles. The van der Waals surface area contributed by atoms with Crippen LogP contribution >= 0.6 is 0 Å². The van der Waals surface area contributed by atoms with Crippen molar-refractivity contribution in [3.63, 3.8) is 0 Å². The van der Waals surface area contributed by atoms with Gasteiger partial charge in [0.15, 0.2) is 0 Å². The Morgan fingerprint density at radius 3 is 2.65 bits per heavy atom. The number of H-pyrrole nitrogens is 1. The molecule has 1 N–H and O–H groups in total. The number of methoxy groups -OCH3 is 2. The molecule has 0 aliphatic carbocycles. The molecule has 1 aromatic carbocycles. The topological polar surface area (TPSA) is 67.5 Å². The van der Waals surface area contributed by atoms with Crippen molar-refractivity contribution in [1.82, 2.24) is 14.9 Å². The van der Waals surface area contributed by atoms with E-state index >= 15 is 0 Å². The minimum atomic E-state index is -0.185. The van der Waals surface area contributed by atoms with Crippen LogP contribution in [0, 0.1) is 0 Å². The third kappa shape index (κ3) is 3.75. The van der Waals surface area contributed by atoms with Gasteiger partial charge in [-0.3, -0.25) is 9.69 Å². The average Bonchev–Trinajstić information content (AvgIpc) is 2.61. The third-order valence-electron chi connectivity index (χ3n) is 4.75. The zero-order chi connectivity index (χ0) is 18.9. The highest BCUT2D eigenvalue weighted by molar-refractivity contribution is 5.40. The van der Waals surface area contributed by atoms with Crippen LogP contribution in [0.15, 0.2) is 23.0 Å². The summed E-state index contributed by atoms with van der Waals surface area (Å²) in [7, 11) is 3.31. The fourth-order valence-electron chi connectivity index (χ4n) is 3.21. The molecular weight excluding hydrogens is 330 g/mol. The van der Waals surface area contributed by atoms with Gasteiger partial charge in [-0.2, -0.15) is 0 Å². The number of benzene rings is 1. The van der Waals surface area contributed by atoms with Gasteiger partial charge < -0.3 is 14.5 Å². The predicted octanol–water partition coefficient (Wildman–Crippen LogP) is 2.64. The SMILES string of the molecule is COc1ccc(CN2CCc3c(nc(C(C)(C)C)[nH]c3=O)C2)c(OC)c1. The highest BCUT2D eigenvalue weighted by Crippen LogP contribution is 2.27. The Morgan fingerprint density at radius 1 is 1.23 bits per heavy atom. The minimum absolute atomic E-state index is 0.00148. The van der Waals surface area contributed by atoms with Crippen LogP contribution in [0.25, 0.3) is 0 Å². The van der Waals surface area contributed by atoms with Gasteiger partial charge >= 0.3 is 0 Å². The maximum atomic E-state index is 12.4. The lowest BCUT2D eigenvalue weighted by molar-refractivity contribution is 0.235. The Bertz CT molecular complexity index is 852. The average molecular weight is 357 g/mol. The van der Waals surface area contributed by atoms with Gasteiger partial charge in [0, 0.05) is 42.2 Å². The van der Waals surface area contributed by atoms with Crippen molar-refractivity contribution in [1.29, 1.82) is 0 Å².